The molecular weight excluding hydrogens is 579 g/mol. The molecule has 0 bridgehead atoms. The minimum absolute atomic E-state index is 0.0452. The van der Waals surface area contributed by atoms with Gasteiger partial charge in [-0.25, -0.2) is 22.8 Å². The topological polar surface area (TPSA) is 116 Å². The summed E-state index contributed by atoms with van der Waals surface area (Å²) >= 11 is 0. The highest BCUT2D eigenvalue weighted by atomic mass is 32.3. The lowest BCUT2D eigenvalue weighted by Crippen LogP contribution is -2.49. The summed E-state index contributed by atoms with van der Waals surface area (Å²) in [5, 5.41) is 17.0. The maximum absolute atomic E-state index is 14.9. The van der Waals surface area contributed by atoms with Crippen molar-refractivity contribution in [3.05, 3.63) is 60.3 Å². The van der Waals surface area contributed by atoms with Gasteiger partial charge in [0.15, 0.2) is 5.82 Å². The van der Waals surface area contributed by atoms with Crippen molar-refractivity contribution in [1.29, 1.82) is 5.26 Å². The number of nitrogens with one attached hydrogen (secondary N) is 2. The number of nitriles is 1. The van der Waals surface area contributed by atoms with Gasteiger partial charge in [0.2, 0.25) is 11.8 Å². The molecule has 1 saturated heterocycles. The molecule has 1 amide bonds. The molecule has 2 aliphatic carbocycles. The number of nitrogens with zero attached hydrogens (tertiary/aromatic N) is 5. The van der Waals surface area contributed by atoms with Crippen LogP contribution in [0.3, 0.4) is 0 Å². The summed E-state index contributed by atoms with van der Waals surface area (Å²) in [6.07, 6.45) is 2.76. The van der Waals surface area contributed by atoms with Crippen LogP contribution < -0.4 is 14.9 Å². The quantitative estimate of drug-likeness (QED) is 0.350. The van der Waals surface area contributed by atoms with E-state index in [1.165, 1.54) is 16.8 Å². The smallest absolute Gasteiger partial charge is 0.248 e. The third-order valence-electron chi connectivity index (χ3n) is 8.94. The van der Waals surface area contributed by atoms with E-state index >= 15 is 0 Å². The van der Waals surface area contributed by atoms with Gasteiger partial charge in [-0.15, -0.1) is 0 Å². The molecule has 3 fully saturated rings. The number of pyridine rings is 1. The van der Waals surface area contributed by atoms with E-state index in [-0.39, 0.29) is 6.42 Å². The molecule has 2 saturated carbocycles. The number of hydrogen-bond acceptors (Lipinski definition) is 6. The third kappa shape index (κ3) is 6.03. The molecule has 43 heavy (non-hydrogen) atoms. The van der Waals surface area contributed by atoms with Gasteiger partial charge < -0.3 is 10.2 Å². The van der Waals surface area contributed by atoms with Crippen molar-refractivity contribution in [3.63, 3.8) is 0 Å². The maximum atomic E-state index is 14.9. The fourth-order valence-electron chi connectivity index (χ4n) is 6.08. The SMILES string of the molecule is CN[SH]1(=O)CCN(c2ccc(-c3cn(-c4ccc(F)cn4)nc3[C@@H]3CC(F)(F)CC[C@H]3C(=O)NC3(C#N)CC3)cc2)CC1. The Morgan fingerprint density at radius 2 is 1.84 bits per heavy atom. The Morgan fingerprint density at radius 1 is 1.12 bits per heavy atom. The molecule has 1 aliphatic heterocycles. The van der Waals surface area contributed by atoms with Crippen LogP contribution in [0, 0.1) is 23.1 Å². The van der Waals surface area contributed by atoms with Crippen LogP contribution >= 0.6 is 0 Å². The van der Waals surface area contributed by atoms with Crippen molar-refractivity contribution in [2.75, 3.05) is 36.5 Å². The molecule has 3 aromatic rings. The Morgan fingerprint density at radius 3 is 2.44 bits per heavy atom. The highest BCUT2D eigenvalue weighted by molar-refractivity contribution is 8.01. The summed E-state index contributed by atoms with van der Waals surface area (Å²) in [4.78, 5) is 19.7. The van der Waals surface area contributed by atoms with Gasteiger partial charge in [0.05, 0.1) is 18.0 Å². The van der Waals surface area contributed by atoms with E-state index in [0.29, 0.717) is 60.1 Å². The van der Waals surface area contributed by atoms with Crippen molar-refractivity contribution in [2.24, 2.45) is 5.92 Å². The van der Waals surface area contributed by atoms with Crippen molar-refractivity contribution >= 4 is 21.7 Å². The number of thiol groups is 1. The van der Waals surface area contributed by atoms with Gasteiger partial charge in [0.25, 0.3) is 0 Å². The molecule has 13 heteroatoms. The Hall–Kier alpha value is -3.76. The number of alkyl halides is 2. The van der Waals surface area contributed by atoms with Crippen LogP contribution in [0.25, 0.3) is 16.9 Å². The first-order valence-electron chi connectivity index (χ1n) is 14.5. The van der Waals surface area contributed by atoms with E-state index in [4.69, 9.17) is 0 Å². The van der Waals surface area contributed by atoms with Crippen LogP contribution in [0.4, 0.5) is 18.9 Å². The zero-order chi connectivity index (χ0) is 30.4. The van der Waals surface area contributed by atoms with Crippen LogP contribution in [0.2, 0.25) is 0 Å². The Bertz CT molecular complexity index is 1590. The minimum Gasteiger partial charge on any atom is -0.370 e. The monoisotopic (exact) mass is 613 g/mol. The second-order valence-corrected chi connectivity index (χ2v) is 14.9. The molecule has 3 aliphatic rings. The van der Waals surface area contributed by atoms with Crippen LogP contribution in [0.5, 0.6) is 0 Å². The summed E-state index contributed by atoms with van der Waals surface area (Å²) in [5.41, 5.74) is 1.64. The molecule has 3 heterocycles. The predicted octanol–water partition coefficient (Wildman–Crippen LogP) is 3.74. The number of hydrogen-bond donors (Lipinski definition) is 3. The van der Waals surface area contributed by atoms with Gasteiger partial charge in [-0.3, -0.25) is 13.7 Å². The van der Waals surface area contributed by atoms with Gasteiger partial charge in [0.1, 0.15) is 11.4 Å². The molecule has 2 N–H and O–H groups in total. The summed E-state index contributed by atoms with van der Waals surface area (Å²) in [6.45, 7) is 1.30. The summed E-state index contributed by atoms with van der Waals surface area (Å²) < 4.78 is 60.6. The molecule has 0 spiro atoms. The van der Waals surface area contributed by atoms with E-state index < -0.39 is 58.0 Å². The lowest BCUT2D eigenvalue weighted by molar-refractivity contribution is -0.131. The van der Waals surface area contributed by atoms with E-state index in [9.17, 15) is 27.4 Å². The van der Waals surface area contributed by atoms with Crippen molar-refractivity contribution in [3.8, 4) is 23.0 Å². The highest BCUT2D eigenvalue weighted by Gasteiger charge is 2.50. The lowest BCUT2D eigenvalue weighted by atomic mass is 9.74. The second kappa shape index (κ2) is 11.1. The number of anilines is 1. The van der Waals surface area contributed by atoms with Gasteiger partial charge >= 0.3 is 0 Å². The van der Waals surface area contributed by atoms with Crippen LogP contribution in [-0.4, -0.2) is 68.0 Å². The van der Waals surface area contributed by atoms with Crippen molar-refractivity contribution in [1.82, 2.24) is 24.8 Å². The molecular formula is C30H34F3N7O2S. The van der Waals surface area contributed by atoms with Crippen molar-refractivity contribution < 1.29 is 22.2 Å². The number of benzene rings is 1. The standard InChI is InChI=1S/C30H34F3N7O2S/c1-35-43(42)14-12-39(13-15-43)22-5-2-20(3-6-22)25-18-40(26-7-4-21(31)17-36-26)38-27(25)24-16-30(32,33)9-8-23(24)28(41)37-29(19-34)10-11-29/h2-7,17-18,23-24,43H,8-16H2,1H3,(H,35,42)(H,37,41)/t23-,24-/m1/s1. The number of rotatable bonds is 7. The average Bonchev–Trinajstić information content (AvgIpc) is 3.64. The second-order valence-electron chi connectivity index (χ2n) is 11.8. The molecule has 9 nitrogen and oxygen atoms in total. The summed E-state index contributed by atoms with van der Waals surface area (Å²) in [5.74, 6) is -4.22. The number of halogens is 3. The molecule has 6 rings (SSSR count). The fourth-order valence-corrected chi connectivity index (χ4v) is 7.88. The number of carbonyl (C=O) groups is 1. The molecule has 0 radical (unpaired) electrons. The largest absolute Gasteiger partial charge is 0.370 e. The molecule has 2 atom stereocenters. The Labute approximate surface area is 249 Å². The van der Waals surface area contributed by atoms with E-state index in [0.717, 1.165) is 11.9 Å². The normalized spacial score (nSPS) is 24.5. The highest BCUT2D eigenvalue weighted by Crippen LogP contribution is 2.48. The summed E-state index contributed by atoms with van der Waals surface area (Å²) in [6, 6.07) is 12.5. The van der Waals surface area contributed by atoms with Crippen molar-refractivity contribution in [2.45, 2.75) is 49.5 Å². The molecule has 228 valence electrons. The average molecular weight is 614 g/mol. The van der Waals surface area contributed by atoms with Crippen LogP contribution in [-0.2, 0) is 14.9 Å². The third-order valence-corrected chi connectivity index (χ3v) is 11.6. The van der Waals surface area contributed by atoms with E-state index in [2.05, 4.69) is 31.1 Å². The Kier molecular flexibility index (Phi) is 7.54. The zero-order valence-corrected chi connectivity index (χ0v) is 24.7. The van der Waals surface area contributed by atoms with E-state index in [1.54, 1.807) is 13.2 Å². The first-order chi connectivity index (χ1) is 20.5. The molecule has 0 unspecified atom stereocenters. The number of amides is 1. The number of carbonyl (C=O) groups excluding carboxylic acids is 1. The van der Waals surface area contributed by atoms with Gasteiger partial charge in [-0.1, -0.05) is 22.3 Å². The van der Waals surface area contributed by atoms with Gasteiger partial charge in [-0.2, -0.15) is 10.4 Å². The number of aromatic nitrogens is 3. The lowest BCUT2D eigenvalue weighted by Gasteiger charge is -2.36. The Balaban J connectivity index is 1.36. The molecule has 1 aromatic carbocycles. The molecule has 2 aromatic heterocycles. The summed E-state index contributed by atoms with van der Waals surface area (Å²) in [7, 11) is -0.611. The van der Waals surface area contributed by atoms with Crippen LogP contribution in [0.1, 0.15) is 43.7 Å². The first kappa shape index (κ1) is 29.3. The van der Waals surface area contributed by atoms with Crippen LogP contribution in [0.15, 0.2) is 48.8 Å². The van der Waals surface area contributed by atoms with Gasteiger partial charge in [-0.05, 0) is 56.1 Å². The zero-order valence-electron chi connectivity index (χ0n) is 23.8. The minimum atomic E-state index is -2.99. The van der Waals surface area contributed by atoms with Gasteiger partial charge in [0, 0.05) is 66.7 Å². The maximum Gasteiger partial charge on any atom is 0.248 e. The van der Waals surface area contributed by atoms with E-state index in [1.807, 2.05) is 24.3 Å². The first-order valence-corrected chi connectivity index (χ1v) is 16.6. The fraction of sp³-hybridized carbons (Fsp3) is 0.467. The predicted molar refractivity (Wildman–Crippen MR) is 158 cm³/mol.